The molecule has 0 saturated heterocycles. The molecular weight excluding hydrogens is 286 g/mol. The normalized spacial score (nSPS) is 11.5. The van der Waals surface area contributed by atoms with Crippen LogP contribution in [0.2, 0.25) is 0 Å². The number of nitrogens with one attached hydrogen (secondary N) is 1. The van der Waals surface area contributed by atoms with Crippen LogP contribution in [0, 0.1) is 0 Å². The second-order valence-electron chi connectivity index (χ2n) is 6.39. The predicted molar refractivity (Wildman–Crippen MR) is 95.8 cm³/mol. The average Bonchev–Trinajstić information content (AvgIpc) is 2.53. The van der Waals surface area contributed by atoms with Crippen LogP contribution in [0.25, 0.3) is 6.08 Å². The molecule has 0 fully saturated rings. The minimum Gasteiger partial charge on any atom is -0.496 e. The molecule has 0 aliphatic carbocycles. The van der Waals surface area contributed by atoms with Gasteiger partial charge < -0.3 is 10.1 Å². The maximum atomic E-state index is 12.0. The molecular formula is C20H23NO2. The first-order valence-electron chi connectivity index (χ1n) is 7.63. The van der Waals surface area contributed by atoms with Gasteiger partial charge in [0.05, 0.1) is 7.11 Å². The number of benzene rings is 2. The van der Waals surface area contributed by atoms with Crippen LogP contribution in [0.5, 0.6) is 5.75 Å². The van der Waals surface area contributed by atoms with E-state index >= 15 is 0 Å². The molecule has 1 N–H and O–H groups in total. The number of amides is 1. The van der Waals surface area contributed by atoms with Crippen LogP contribution in [0.4, 0.5) is 5.69 Å². The van der Waals surface area contributed by atoms with Crippen molar-refractivity contribution in [1.29, 1.82) is 0 Å². The highest BCUT2D eigenvalue weighted by Crippen LogP contribution is 2.23. The Kier molecular flexibility index (Phi) is 5.22. The van der Waals surface area contributed by atoms with E-state index in [0.717, 1.165) is 17.0 Å². The second-order valence-corrected chi connectivity index (χ2v) is 6.39. The van der Waals surface area contributed by atoms with Gasteiger partial charge >= 0.3 is 0 Å². The first kappa shape index (κ1) is 16.8. The maximum Gasteiger partial charge on any atom is 0.248 e. The Labute approximate surface area is 138 Å². The summed E-state index contributed by atoms with van der Waals surface area (Å²) in [6, 6.07) is 15.5. The number of anilines is 1. The second kappa shape index (κ2) is 7.14. The summed E-state index contributed by atoms with van der Waals surface area (Å²) in [5, 5.41) is 2.86. The number of carbonyl (C=O) groups excluding carboxylic acids is 1. The van der Waals surface area contributed by atoms with E-state index in [9.17, 15) is 4.79 Å². The van der Waals surface area contributed by atoms with E-state index < -0.39 is 0 Å². The highest BCUT2D eigenvalue weighted by Gasteiger charge is 2.12. The van der Waals surface area contributed by atoms with Crippen molar-refractivity contribution in [1.82, 2.24) is 0 Å². The van der Waals surface area contributed by atoms with Crippen molar-refractivity contribution in [2.75, 3.05) is 12.4 Å². The predicted octanol–water partition coefficient (Wildman–Crippen LogP) is 4.64. The van der Waals surface area contributed by atoms with E-state index in [1.54, 1.807) is 13.2 Å². The third-order valence-electron chi connectivity index (χ3n) is 3.57. The summed E-state index contributed by atoms with van der Waals surface area (Å²) >= 11 is 0. The van der Waals surface area contributed by atoms with Crippen molar-refractivity contribution < 1.29 is 9.53 Å². The fraction of sp³-hybridized carbons (Fsp3) is 0.250. The van der Waals surface area contributed by atoms with E-state index in [-0.39, 0.29) is 11.3 Å². The summed E-state index contributed by atoms with van der Waals surface area (Å²) in [7, 11) is 1.61. The van der Waals surface area contributed by atoms with Gasteiger partial charge in [0.15, 0.2) is 0 Å². The SMILES string of the molecule is COc1ccccc1/C=C/C(=O)Nc1ccc(C(C)(C)C)cc1. The zero-order chi connectivity index (χ0) is 16.9. The summed E-state index contributed by atoms with van der Waals surface area (Å²) < 4.78 is 5.26. The molecule has 0 radical (unpaired) electrons. The fourth-order valence-corrected chi connectivity index (χ4v) is 2.21. The van der Waals surface area contributed by atoms with E-state index in [1.807, 2.05) is 48.5 Å². The van der Waals surface area contributed by atoms with Crippen molar-refractivity contribution in [3.8, 4) is 5.75 Å². The van der Waals surface area contributed by atoms with Crippen molar-refractivity contribution in [3.05, 3.63) is 65.7 Å². The Morgan fingerprint density at radius 3 is 2.30 bits per heavy atom. The first-order chi connectivity index (χ1) is 10.9. The lowest BCUT2D eigenvalue weighted by atomic mass is 9.87. The molecule has 0 bridgehead atoms. The lowest BCUT2D eigenvalue weighted by Crippen LogP contribution is -2.12. The van der Waals surface area contributed by atoms with Crippen LogP contribution in [0.15, 0.2) is 54.6 Å². The molecule has 0 aromatic heterocycles. The third kappa shape index (κ3) is 4.71. The quantitative estimate of drug-likeness (QED) is 0.835. The van der Waals surface area contributed by atoms with E-state index in [2.05, 4.69) is 26.1 Å². The standard InChI is InChI=1S/C20H23NO2/c1-20(2,3)16-10-12-17(13-11-16)21-19(22)14-9-15-7-5-6-8-18(15)23-4/h5-14H,1-4H3,(H,21,22)/b14-9+. The fourth-order valence-electron chi connectivity index (χ4n) is 2.21. The minimum atomic E-state index is -0.167. The molecule has 0 spiro atoms. The Morgan fingerprint density at radius 1 is 1.04 bits per heavy atom. The van der Waals surface area contributed by atoms with Crippen LogP contribution in [0.1, 0.15) is 31.9 Å². The van der Waals surface area contributed by atoms with Crippen LogP contribution in [-0.2, 0) is 10.2 Å². The number of carbonyl (C=O) groups is 1. The highest BCUT2D eigenvalue weighted by molar-refractivity contribution is 6.02. The van der Waals surface area contributed by atoms with Gasteiger partial charge in [-0.05, 0) is 35.3 Å². The lowest BCUT2D eigenvalue weighted by Gasteiger charge is -2.19. The molecule has 120 valence electrons. The van der Waals surface area contributed by atoms with Gasteiger partial charge in [-0.25, -0.2) is 0 Å². The molecule has 2 rings (SSSR count). The number of methoxy groups -OCH3 is 1. The first-order valence-corrected chi connectivity index (χ1v) is 7.63. The maximum absolute atomic E-state index is 12.0. The lowest BCUT2D eigenvalue weighted by molar-refractivity contribution is -0.111. The summed E-state index contributed by atoms with van der Waals surface area (Å²) in [5.74, 6) is 0.575. The summed E-state index contributed by atoms with van der Waals surface area (Å²) in [5.41, 5.74) is 2.99. The van der Waals surface area contributed by atoms with Gasteiger partial charge in [-0.15, -0.1) is 0 Å². The Bertz CT molecular complexity index is 694. The monoisotopic (exact) mass is 309 g/mol. The number of ether oxygens (including phenoxy) is 1. The zero-order valence-electron chi connectivity index (χ0n) is 14.1. The van der Waals surface area contributed by atoms with Gasteiger partial charge in [0.25, 0.3) is 0 Å². The van der Waals surface area contributed by atoms with Crippen molar-refractivity contribution in [2.45, 2.75) is 26.2 Å². The van der Waals surface area contributed by atoms with E-state index in [4.69, 9.17) is 4.74 Å². The Balaban J connectivity index is 2.03. The number of para-hydroxylation sites is 1. The minimum absolute atomic E-state index is 0.103. The third-order valence-corrected chi connectivity index (χ3v) is 3.57. The van der Waals surface area contributed by atoms with Gasteiger partial charge in [-0.3, -0.25) is 4.79 Å². The van der Waals surface area contributed by atoms with Gasteiger partial charge in [0.2, 0.25) is 5.91 Å². The van der Waals surface area contributed by atoms with Gasteiger partial charge in [-0.1, -0.05) is 51.1 Å². The topological polar surface area (TPSA) is 38.3 Å². The molecule has 0 aliphatic rings. The number of rotatable bonds is 4. The molecule has 0 atom stereocenters. The molecule has 3 nitrogen and oxygen atoms in total. The zero-order valence-corrected chi connectivity index (χ0v) is 14.1. The van der Waals surface area contributed by atoms with E-state index in [1.165, 1.54) is 11.6 Å². The average molecular weight is 309 g/mol. The Hall–Kier alpha value is -2.55. The largest absolute Gasteiger partial charge is 0.496 e. The molecule has 0 unspecified atom stereocenters. The molecule has 3 heteroatoms. The van der Waals surface area contributed by atoms with Crippen LogP contribution in [0.3, 0.4) is 0 Å². The van der Waals surface area contributed by atoms with Gasteiger partial charge in [0.1, 0.15) is 5.75 Å². The number of hydrogen-bond acceptors (Lipinski definition) is 2. The van der Waals surface area contributed by atoms with Gasteiger partial charge in [-0.2, -0.15) is 0 Å². The molecule has 0 aliphatic heterocycles. The summed E-state index contributed by atoms with van der Waals surface area (Å²) in [6.45, 7) is 6.49. The molecule has 2 aromatic carbocycles. The molecule has 0 heterocycles. The molecule has 2 aromatic rings. The number of hydrogen-bond donors (Lipinski definition) is 1. The molecule has 1 amide bonds. The van der Waals surface area contributed by atoms with Gasteiger partial charge in [0, 0.05) is 17.3 Å². The van der Waals surface area contributed by atoms with Crippen LogP contribution >= 0.6 is 0 Å². The van der Waals surface area contributed by atoms with Crippen LogP contribution in [-0.4, -0.2) is 13.0 Å². The summed E-state index contributed by atoms with van der Waals surface area (Å²) in [4.78, 5) is 12.0. The van der Waals surface area contributed by atoms with Crippen molar-refractivity contribution >= 4 is 17.7 Å². The van der Waals surface area contributed by atoms with E-state index in [0.29, 0.717) is 0 Å². The molecule has 23 heavy (non-hydrogen) atoms. The smallest absolute Gasteiger partial charge is 0.248 e. The summed E-state index contributed by atoms with van der Waals surface area (Å²) in [6.07, 6.45) is 3.26. The highest BCUT2D eigenvalue weighted by atomic mass is 16.5. The van der Waals surface area contributed by atoms with Crippen LogP contribution < -0.4 is 10.1 Å². The van der Waals surface area contributed by atoms with Crippen molar-refractivity contribution in [3.63, 3.8) is 0 Å². The van der Waals surface area contributed by atoms with Crippen molar-refractivity contribution in [2.24, 2.45) is 0 Å². The Morgan fingerprint density at radius 2 is 1.70 bits per heavy atom. The molecule has 0 saturated carbocycles.